The van der Waals surface area contributed by atoms with Crippen molar-refractivity contribution in [3.05, 3.63) is 12.4 Å². The molecule has 0 aliphatic heterocycles. The van der Waals surface area contributed by atoms with E-state index in [0.717, 1.165) is 56.4 Å². The number of hydrogen-bond donors (Lipinski definition) is 1. The maximum absolute atomic E-state index is 11.1. The summed E-state index contributed by atoms with van der Waals surface area (Å²) in [5.41, 5.74) is 0.0284. The summed E-state index contributed by atoms with van der Waals surface area (Å²) >= 11 is 0. The van der Waals surface area contributed by atoms with Gasteiger partial charge in [-0.25, -0.2) is 0 Å². The number of aryl methyl sites for hydroxylation is 1. The number of aliphatic hydroxyl groups is 1. The molecule has 30 heavy (non-hydrogen) atoms. The van der Waals surface area contributed by atoms with E-state index in [1.165, 1.54) is 44.9 Å². The number of hydrogen-bond acceptors (Lipinski definition) is 3. The Morgan fingerprint density at radius 2 is 1.97 bits per heavy atom. The van der Waals surface area contributed by atoms with Crippen molar-refractivity contribution < 1.29 is 5.11 Å². The van der Waals surface area contributed by atoms with Crippen LogP contribution in [0.5, 0.6) is 0 Å². The third kappa shape index (κ3) is 3.29. The second-order valence-corrected chi connectivity index (χ2v) is 11.7. The topological polar surface area (TPSA) is 50.9 Å². The van der Waals surface area contributed by atoms with Gasteiger partial charge in [-0.3, -0.25) is 4.68 Å². The van der Waals surface area contributed by atoms with Crippen molar-refractivity contribution in [2.75, 3.05) is 0 Å². The smallest absolute Gasteiger partial charge is 0.0754 e. The summed E-state index contributed by atoms with van der Waals surface area (Å²) in [7, 11) is 7.29. The van der Waals surface area contributed by atoms with E-state index in [-0.39, 0.29) is 5.31 Å². The monoisotopic (exact) mass is 409 g/mol. The number of fused-ring (bicyclic) bond motifs is 5. The van der Waals surface area contributed by atoms with E-state index in [1.54, 1.807) is 6.20 Å². The molecule has 4 unspecified atom stereocenters. The molecule has 0 bridgehead atoms. The minimum absolute atomic E-state index is 0.0248. The quantitative estimate of drug-likeness (QED) is 0.682. The first kappa shape index (κ1) is 21.0. The molecule has 5 rings (SSSR count). The van der Waals surface area contributed by atoms with Crippen molar-refractivity contribution in [2.45, 2.75) is 108 Å². The number of aromatic nitrogens is 3. The normalized spacial score (nSPS) is 48.0. The van der Waals surface area contributed by atoms with Crippen molar-refractivity contribution in [3.63, 3.8) is 0 Å². The summed E-state index contributed by atoms with van der Waals surface area (Å²) in [6, 6.07) is 0. The predicted octanol–water partition coefficient (Wildman–Crippen LogP) is 5.18. The van der Waals surface area contributed by atoms with Gasteiger partial charge in [0.15, 0.2) is 0 Å². The highest BCUT2D eigenvalue weighted by Gasteiger charge is 2.60. The molecule has 4 aliphatic rings. The molecule has 0 aromatic carbocycles. The van der Waals surface area contributed by atoms with Crippen LogP contribution in [0.1, 0.15) is 90.9 Å². The van der Waals surface area contributed by atoms with Crippen LogP contribution < -0.4 is 0 Å². The highest BCUT2D eigenvalue weighted by Crippen LogP contribution is 2.70. The molecule has 4 fully saturated rings. The summed E-state index contributed by atoms with van der Waals surface area (Å²) in [5.74, 6) is 3.65. The van der Waals surface area contributed by atoms with Crippen molar-refractivity contribution >= 4 is 7.85 Å². The fraction of sp³-hybridized carbons (Fsp3) is 0.920. The Kier molecular flexibility index (Phi) is 5.36. The molecule has 0 amide bonds. The fourth-order valence-corrected chi connectivity index (χ4v) is 8.93. The Morgan fingerprint density at radius 1 is 1.10 bits per heavy atom. The molecule has 8 atom stereocenters. The van der Waals surface area contributed by atoms with Crippen LogP contribution in [0.2, 0.25) is 5.31 Å². The Bertz CT molecular complexity index is 741. The van der Waals surface area contributed by atoms with Gasteiger partial charge in [0, 0.05) is 12.7 Å². The highest BCUT2D eigenvalue weighted by atomic mass is 16.3. The van der Waals surface area contributed by atoms with Gasteiger partial charge in [-0.1, -0.05) is 43.6 Å². The van der Waals surface area contributed by atoms with Gasteiger partial charge in [-0.15, -0.1) is 5.10 Å². The van der Waals surface area contributed by atoms with Gasteiger partial charge in [-0.2, -0.15) is 0 Å². The molecule has 4 saturated carbocycles. The minimum atomic E-state index is -0.446. The van der Waals surface area contributed by atoms with E-state index in [1.807, 2.05) is 10.9 Å². The molecule has 0 spiro atoms. The third-order valence-electron chi connectivity index (χ3n) is 10.5. The summed E-state index contributed by atoms with van der Waals surface area (Å²) in [6.45, 7) is 5.80. The maximum atomic E-state index is 11.1. The van der Waals surface area contributed by atoms with Gasteiger partial charge in [0.25, 0.3) is 0 Å². The molecule has 1 N–H and O–H groups in total. The van der Waals surface area contributed by atoms with Crippen molar-refractivity contribution in [1.29, 1.82) is 0 Å². The Hall–Kier alpha value is -0.835. The zero-order chi connectivity index (χ0) is 21.0. The largest absolute Gasteiger partial charge is 0.390 e. The standard InChI is InChI=1S/C25H40BN3O/c1-3-10-24(30)12-13-25(26)19(17-24)4-6-20-21-7-5-18(9-15-29-16-14-27-28-29)23(21,2)11-8-22(20)25/h14,16,18-22,30H,3-13,15,17H2,1-2H3/t18?,19-,20?,21-,22-,23?,24+,25?/m0/s1. The van der Waals surface area contributed by atoms with Crippen LogP contribution in [0.15, 0.2) is 12.4 Å². The molecule has 164 valence electrons. The lowest BCUT2D eigenvalue weighted by atomic mass is 9.37. The first-order chi connectivity index (χ1) is 14.4. The molecule has 5 heteroatoms. The molecular weight excluding hydrogens is 369 g/mol. The van der Waals surface area contributed by atoms with Gasteiger partial charge in [0.05, 0.1) is 19.6 Å². The third-order valence-corrected chi connectivity index (χ3v) is 10.5. The Balaban J connectivity index is 1.30. The van der Waals surface area contributed by atoms with Gasteiger partial charge in [-0.05, 0) is 92.8 Å². The average molecular weight is 409 g/mol. The lowest BCUT2D eigenvalue weighted by molar-refractivity contribution is -0.100. The second kappa shape index (κ2) is 7.64. The summed E-state index contributed by atoms with van der Waals surface area (Å²) in [4.78, 5) is 0. The van der Waals surface area contributed by atoms with Gasteiger partial charge >= 0.3 is 0 Å². The van der Waals surface area contributed by atoms with Crippen molar-refractivity contribution in [2.24, 2.45) is 35.0 Å². The zero-order valence-corrected chi connectivity index (χ0v) is 19.1. The fourth-order valence-electron chi connectivity index (χ4n) is 8.93. The minimum Gasteiger partial charge on any atom is -0.390 e. The summed E-state index contributed by atoms with van der Waals surface area (Å²) < 4.78 is 2.00. The van der Waals surface area contributed by atoms with Crippen LogP contribution in [0.3, 0.4) is 0 Å². The Labute approximate surface area is 184 Å². The van der Waals surface area contributed by atoms with Crippen LogP contribution >= 0.6 is 0 Å². The van der Waals surface area contributed by atoms with E-state index in [0.29, 0.717) is 17.3 Å². The summed E-state index contributed by atoms with van der Waals surface area (Å²) in [6.07, 6.45) is 17.9. The molecule has 1 aromatic rings. The predicted molar refractivity (Wildman–Crippen MR) is 120 cm³/mol. The van der Waals surface area contributed by atoms with Crippen LogP contribution in [0.25, 0.3) is 0 Å². The lowest BCUT2D eigenvalue weighted by Gasteiger charge is -2.62. The van der Waals surface area contributed by atoms with E-state index < -0.39 is 5.60 Å². The second-order valence-electron chi connectivity index (χ2n) is 11.7. The van der Waals surface area contributed by atoms with Crippen molar-refractivity contribution in [1.82, 2.24) is 15.0 Å². The van der Waals surface area contributed by atoms with Crippen LogP contribution in [-0.2, 0) is 6.54 Å². The average Bonchev–Trinajstić information content (AvgIpc) is 3.34. The molecule has 4 aliphatic carbocycles. The molecule has 2 radical (unpaired) electrons. The molecule has 1 heterocycles. The Morgan fingerprint density at radius 3 is 2.73 bits per heavy atom. The van der Waals surface area contributed by atoms with Crippen LogP contribution in [0.4, 0.5) is 0 Å². The SMILES string of the molecule is [B]C12CC[C@](O)(CCC)C[C@@H]1CCC1[C@@H]3CCC(CCn4ccnn4)C3(C)CC[C@@H]12. The number of nitrogens with zero attached hydrogens (tertiary/aromatic N) is 3. The zero-order valence-electron chi connectivity index (χ0n) is 19.1. The molecule has 1 aromatic heterocycles. The lowest BCUT2D eigenvalue weighted by Crippen LogP contribution is -2.54. The molecule has 4 nitrogen and oxygen atoms in total. The first-order valence-corrected chi connectivity index (χ1v) is 12.7. The van der Waals surface area contributed by atoms with Crippen LogP contribution in [-0.4, -0.2) is 33.5 Å². The molecule has 0 saturated heterocycles. The maximum Gasteiger partial charge on any atom is 0.0754 e. The van der Waals surface area contributed by atoms with Crippen molar-refractivity contribution in [3.8, 4) is 0 Å². The van der Waals surface area contributed by atoms with Gasteiger partial charge in [0.1, 0.15) is 0 Å². The van der Waals surface area contributed by atoms with E-state index in [4.69, 9.17) is 7.85 Å². The van der Waals surface area contributed by atoms with E-state index in [9.17, 15) is 5.11 Å². The van der Waals surface area contributed by atoms with Gasteiger partial charge in [0.2, 0.25) is 0 Å². The summed E-state index contributed by atoms with van der Waals surface area (Å²) in [5, 5.41) is 19.2. The first-order valence-electron chi connectivity index (χ1n) is 12.7. The molecular formula is C25H40BN3O. The van der Waals surface area contributed by atoms with E-state index >= 15 is 0 Å². The number of rotatable bonds is 5. The van der Waals surface area contributed by atoms with E-state index in [2.05, 4.69) is 24.2 Å². The van der Waals surface area contributed by atoms with Crippen LogP contribution in [0, 0.1) is 35.0 Å². The highest BCUT2D eigenvalue weighted by molar-refractivity contribution is 6.15. The van der Waals surface area contributed by atoms with Gasteiger partial charge < -0.3 is 5.11 Å².